The topological polar surface area (TPSA) is 55.4 Å². The normalized spacial score (nSPS) is 70.9. The largest absolute Gasteiger partial charge is 0.356 e. The fourth-order valence-corrected chi connectivity index (χ4v) is 5.60. The van der Waals surface area contributed by atoms with Gasteiger partial charge in [-0.15, -0.1) is 0 Å². The van der Waals surface area contributed by atoms with Crippen LogP contribution in [0.2, 0.25) is 0 Å². The summed E-state index contributed by atoms with van der Waals surface area (Å²) in [6, 6.07) is 0. The van der Waals surface area contributed by atoms with Gasteiger partial charge in [-0.25, -0.2) is 0 Å². The summed E-state index contributed by atoms with van der Waals surface area (Å²) >= 11 is 0. The molecule has 7 rings (SSSR count). The molecule has 0 amide bonds. The Morgan fingerprint density at radius 1 is 0.737 bits per heavy atom. The maximum Gasteiger partial charge on any atom is 0.167 e. The minimum atomic E-state index is -0.219. The molecule has 0 radical (unpaired) electrons. The van der Waals surface area contributed by atoms with Crippen LogP contribution in [0, 0.1) is 35.5 Å². The van der Waals surface area contributed by atoms with E-state index in [0.717, 1.165) is 6.61 Å². The molecule has 7 aliphatic rings. The van der Waals surface area contributed by atoms with Gasteiger partial charge in [0.15, 0.2) is 31.5 Å². The van der Waals surface area contributed by atoms with Crippen LogP contribution in [0.4, 0.5) is 0 Å². The summed E-state index contributed by atoms with van der Waals surface area (Å²) in [6.07, 6.45) is -0.849. The quantitative estimate of drug-likeness (QED) is 0.673. The van der Waals surface area contributed by atoms with Crippen molar-refractivity contribution in [2.24, 2.45) is 35.5 Å². The van der Waals surface area contributed by atoms with Crippen molar-refractivity contribution in [2.75, 3.05) is 13.7 Å². The SMILES string of the molecule is COC1OC[C@@H]2[C@H]1[C@@H]1[C@H]3O[C@@H]4O[C@@H]5O[C@H](O3)[C@H]2[C@@H]5[C@@H]41. The molecule has 0 N–H and O–H groups in total. The fraction of sp³-hybridized carbons (Fsp3) is 1.00. The third kappa shape index (κ3) is 0.990. The van der Waals surface area contributed by atoms with Crippen LogP contribution in [0.5, 0.6) is 0 Å². The summed E-state index contributed by atoms with van der Waals surface area (Å²) in [4.78, 5) is 0. The van der Waals surface area contributed by atoms with Crippen molar-refractivity contribution in [2.45, 2.75) is 31.5 Å². The van der Waals surface area contributed by atoms with Crippen molar-refractivity contribution < 1.29 is 28.4 Å². The molecule has 1 saturated carbocycles. The number of hydrogen-bond acceptors (Lipinski definition) is 6. The average molecular weight is 268 g/mol. The van der Waals surface area contributed by atoms with Crippen molar-refractivity contribution in [3.8, 4) is 0 Å². The van der Waals surface area contributed by atoms with Gasteiger partial charge in [0.05, 0.1) is 6.61 Å². The zero-order valence-corrected chi connectivity index (χ0v) is 10.5. The van der Waals surface area contributed by atoms with Crippen molar-refractivity contribution >= 4 is 0 Å². The van der Waals surface area contributed by atoms with Crippen LogP contribution in [0.15, 0.2) is 0 Å². The van der Waals surface area contributed by atoms with Gasteiger partial charge in [0.25, 0.3) is 0 Å². The molecule has 1 aliphatic carbocycles. The molecule has 6 aliphatic heterocycles. The highest BCUT2D eigenvalue weighted by molar-refractivity contribution is 5.12. The first kappa shape index (κ1) is 10.5. The molecule has 6 heterocycles. The average Bonchev–Trinajstić information content (AvgIpc) is 3.07. The van der Waals surface area contributed by atoms with E-state index in [1.165, 1.54) is 0 Å². The Kier molecular flexibility index (Phi) is 1.74. The third-order valence-electron chi connectivity index (χ3n) is 6.10. The highest BCUT2D eigenvalue weighted by atomic mass is 16.9. The van der Waals surface area contributed by atoms with Crippen LogP contribution >= 0.6 is 0 Å². The molecule has 0 spiro atoms. The van der Waals surface area contributed by atoms with Gasteiger partial charge in [-0.2, -0.15) is 0 Å². The molecule has 6 bridgehead atoms. The number of rotatable bonds is 1. The lowest BCUT2D eigenvalue weighted by Crippen LogP contribution is -2.47. The first-order valence-electron chi connectivity index (χ1n) is 7.13. The Labute approximate surface area is 110 Å². The van der Waals surface area contributed by atoms with Gasteiger partial charge in [-0.3, -0.25) is 0 Å². The Hall–Kier alpha value is -0.240. The van der Waals surface area contributed by atoms with E-state index in [-0.39, 0.29) is 31.5 Å². The Morgan fingerprint density at radius 3 is 1.89 bits per heavy atom. The molecule has 104 valence electrons. The first-order valence-corrected chi connectivity index (χ1v) is 7.13. The second kappa shape index (κ2) is 3.16. The van der Waals surface area contributed by atoms with E-state index in [0.29, 0.717) is 35.5 Å². The van der Waals surface area contributed by atoms with Crippen LogP contribution < -0.4 is 0 Å². The van der Waals surface area contributed by atoms with Crippen LogP contribution in [0.3, 0.4) is 0 Å². The van der Waals surface area contributed by atoms with Crippen molar-refractivity contribution in [1.82, 2.24) is 0 Å². The van der Waals surface area contributed by atoms with Gasteiger partial charge in [0.2, 0.25) is 0 Å². The summed E-state index contributed by atoms with van der Waals surface area (Å²) in [5, 5.41) is 0. The fourth-order valence-electron chi connectivity index (χ4n) is 5.60. The molecule has 0 aromatic rings. The van der Waals surface area contributed by atoms with Gasteiger partial charge in [0, 0.05) is 36.7 Å². The lowest BCUT2D eigenvalue weighted by atomic mass is 9.59. The van der Waals surface area contributed by atoms with Gasteiger partial charge in [0.1, 0.15) is 0 Å². The molecular formula is C13H16O6. The summed E-state index contributed by atoms with van der Waals surface area (Å²) in [5.74, 6) is 2.28. The molecule has 11 atom stereocenters. The predicted octanol–water partition coefficient (Wildman–Crippen LogP) is 0.125. The van der Waals surface area contributed by atoms with Gasteiger partial charge in [-0.1, -0.05) is 0 Å². The Bertz CT molecular complexity index is 443. The summed E-state index contributed by atoms with van der Waals surface area (Å²) in [6.45, 7) is 0.737. The Balaban J connectivity index is 1.55. The van der Waals surface area contributed by atoms with E-state index in [4.69, 9.17) is 28.4 Å². The number of ether oxygens (including phenoxy) is 6. The second-order valence-electron chi connectivity index (χ2n) is 6.51. The molecule has 6 heteroatoms. The number of hydrogen-bond donors (Lipinski definition) is 0. The summed E-state index contributed by atoms with van der Waals surface area (Å²) in [7, 11) is 1.72. The smallest absolute Gasteiger partial charge is 0.167 e. The highest BCUT2D eigenvalue weighted by Gasteiger charge is 2.76. The van der Waals surface area contributed by atoms with Crippen molar-refractivity contribution in [3.63, 3.8) is 0 Å². The van der Waals surface area contributed by atoms with E-state index >= 15 is 0 Å². The van der Waals surface area contributed by atoms with Crippen molar-refractivity contribution in [3.05, 3.63) is 0 Å². The number of methoxy groups -OCH3 is 1. The lowest BCUT2D eigenvalue weighted by molar-refractivity contribution is -0.338. The van der Waals surface area contributed by atoms with E-state index in [2.05, 4.69) is 0 Å². The second-order valence-corrected chi connectivity index (χ2v) is 6.51. The Morgan fingerprint density at radius 2 is 1.26 bits per heavy atom. The zero-order valence-electron chi connectivity index (χ0n) is 10.5. The molecule has 0 aromatic carbocycles. The summed E-state index contributed by atoms with van der Waals surface area (Å²) in [5.41, 5.74) is 0. The molecular weight excluding hydrogens is 252 g/mol. The van der Waals surface area contributed by atoms with Crippen LogP contribution in [0.25, 0.3) is 0 Å². The molecule has 0 aromatic heterocycles. The standard InChI is InChI=1S/C13H16O6/c1-14-9-4-3(2-15-9)5-7-8-6(4)11-16-10(5)17-12(7)19-13(8)18-11/h3-13H,2H2,1H3/t3-,4+,5-,6+,7-,8+,9?,10+,11-,12+,13-/m1/s1. The first-order chi connectivity index (χ1) is 9.36. The maximum absolute atomic E-state index is 6.07. The van der Waals surface area contributed by atoms with E-state index < -0.39 is 0 Å². The lowest BCUT2D eigenvalue weighted by Gasteiger charge is -2.40. The van der Waals surface area contributed by atoms with Crippen LogP contribution in [0.1, 0.15) is 0 Å². The van der Waals surface area contributed by atoms with Gasteiger partial charge < -0.3 is 28.4 Å². The third-order valence-corrected chi connectivity index (χ3v) is 6.10. The zero-order chi connectivity index (χ0) is 12.3. The highest BCUT2D eigenvalue weighted by Crippen LogP contribution is 2.67. The summed E-state index contributed by atoms with van der Waals surface area (Å²) < 4.78 is 35.3. The van der Waals surface area contributed by atoms with E-state index in [1.807, 2.05) is 0 Å². The molecule has 6 nitrogen and oxygen atoms in total. The van der Waals surface area contributed by atoms with Crippen LogP contribution in [-0.2, 0) is 28.4 Å². The minimum Gasteiger partial charge on any atom is -0.356 e. The van der Waals surface area contributed by atoms with Gasteiger partial charge in [-0.05, 0) is 5.92 Å². The molecule has 7 fully saturated rings. The predicted molar refractivity (Wildman–Crippen MR) is 57.2 cm³/mol. The van der Waals surface area contributed by atoms with Gasteiger partial charge >= 0.3 is 0 Å². The van der Waals surface area contributed by atoms with E-state index in [1.54, 1.807) is 7.11 Å². The van der Waals surface area contributed by atoms with Crippen LogP contribution in [-0.4, -0.2) is 45.2 Å². The molecule has 1 unspecified atom stereocenters. The molecule has 19 heavy (non-hydrogen) atoms. The molecule has 6 saturated heterocycles. The monoisotopic (exact) mass is 268 g/mol. The minimum absolute atomic E-state index is 0.136. The van der Waals surface area contributed by atoms with E-state index in [9.17, 15) is 0 Å². The maximum atomic E-state index is 6.07. The van der Waals surface area contributed by atoms with Crippen molar-refractivity contribution in [1.29, 1.82) is 0 Å².